The Hall–Kier alpha value is -3.15. The highest BCUT2D eigenvalue weighted by atomic mass is 16.5. The molecular formula is C32H41N3O2. The summed E-state index contributed by atoms with van der Waals surface area (Å²) in [4.78, 5) is 17.5. The fourth-order valence-electron chi connectivity index (χ4n) is 5.11. The number of nitrogens with zero attached hydrogens (tertiary/aromatic N) is 2. The first-order chi connectivity index (χ1) is 18.2. The Labute approximate surface area is 222 Å². The third-order valence-corrected chi connectivity index (χ3v) is 7.39. The van der Waals surface area contributed by atoms with Crippen LogP contribution >= 0.6 is 0 Å². The highest BCUT2D eigenvalue weighted by Crippen LogP contribution is 2.28. The first kappa shape index (κ1) is 26.9. The van der Waals surface area contributed by atoms with Crippen LogP contribution in [0.2, 0.25) is 0 Å². The highest BCUT2D eigenvalue weighted by Gasteiger charge is 2.24. The molecule has 0 aromatic heterocycles. The van der Waals surface area contributed by atoms with Gasteiger partial charge in [0.15, 0.2) is 0 Å². The number of hydrogen-bond acceptors (Lipinski definition) is 4. The van der Waals surface area contributed by atoms with Gasteiger partial charge in [-0.3, -0.25) is 4.79 Å². The molecule has 37 heavy (non-hydrogen) atoms. The van der Waals surface area contributed by atoms with Crippen LogP contribution in [0.5, 0.6) is 5.75 Å². The van der Waals surface area contributed by atoms with Crippen LogP contribution in [0.1, 0.15) is 54.1 Å². The van der Waals surface area contributed by atoms with Gasteiger partial charge in [-0.25, -0.2) is 0 Å². The molecule has 196 valence electrons. The molecule has 3 aromatic rings. The number of rotatable bonds is 12. The van der Waals surface area contributed by atoms with Crippen molar-refractivity contribution in [1.29, 1.82) is 0 Å². The van der Waals surface area contributed by atoms with Gasteiger partial charge in [0, 0.05) is 44.2 Å². The molecule has 1 N–H and O–H groups in total. The van der Waals surface area contributed by atoms with Gasteiger partial charge in [-0.05, 0) is 55.3 Å². The third kappa shape index (κ3) is 7.91. The van der Waals surface area contributed by atoms with Crippen LogP contribution < -0.4 is 10.1 Å². The minimum absolute atomic E-state index is 0.0414. The largest absolute Gasteiger partial charge is 0.490 e. The lowest BCUT2D eigenvalue weighted by Crippen LogP contribution is -2.40. The molecule has 1 heterocycles. The summed E-state index contributed by atoms with van der Waals surface area (Å²) in [6, 6.07) is 29.2. The highest BCUT2D eigenvalue weighted by molar-refractivity contribution is 5.94. The van der Waals surface area contributed by atoms with Crippen molar-refractivity contribution in [2.45, 2.75) is 38.7 Å². The predicted molar refractivity (Wildman–Crippen MR) is 151 cm³/mol. The minimum atomic E-state index is -0.0414. The van der Waals surface area contributed by atoms with Gasteiger partial charge >= 0.3 is 0 Å². The molecule has 5 nitrogen and oxygen atoms in total. The van der Waals surface area contributed by atoms with Gasteiger partial charge in [0.05, 0.1) is 0 Å². The first-order valence-corrected chi connectivity index (χ1v) is 13.8. The summed E-state index contributed by atoms with van der Waals surface area (Å²) < 4.78 is 6.33. The normalized spacial score (nSPS) is 14.7. The van der Waals surface area contributed by atoms with Crippen LogP contribution in [0.25, 0.3) is 0 Å². The number of amides is 1. The number of likely N-dealkylation sites (N-methyl/N-ethyl adjacent to an activating group) is 1. The van der Waals surface area contributed by atoms with E-state index in [0.29, 0.717) is 18.0 Å². The lowest BCUT2D eigenvalue weighted by Gasteiger charge is -2.34. The maximum atomic E-state index is 12.6. The molecule has 1 aliphatic rings. The van der Waals surface area contributed by atoms with E-state index in [1.54, 1.807) is 0 Å². The molecule has 0 saturated carbocycles. The Kier molecular flexibility index (Phi) is 10.2. The number of likely N-dealkylation sites (tertiary alicyclic amines) is 1. The van der Waals surface area contributed by atoms with Crippen LogP contribution in [0.3, 0.4) is 0 Å². The van der Waals surface area contributed by atoms with E-state index in [-0.39, 0.29) is 12.0 Å². The zero-order valence-corrected chi connectivity index (χ0v) is 22.3. The lowest BCUT2D eigenvalue weighted by atomic mass is 9.90. The van der Waals surface area contributed by atoms with E-state index >= 15 is 0 Å². The number of carbonyl (C=O) groups excluding carboxylic acids is 1. The number of benzene rings is 3. The van der Waals surface area contributed by atoms with E-state index < -0.39 is 0 Å². The van der Waals surface area contributed by atoms with Crippen LogP contribution in [0.4, 0.5) is 0 Å². The molecular weight excluding hydrogens is 458 g/mol. The van der Waals surface area contributed by atoms with Crippen LogP contribution in [-0.4, -0.2) is 67.6 Å². The summed E-state index contributed by atoms with van der Waals surface area (Å²) in [5, 5.41) is 3.04. The molecule has 0 atom stereocenters. The summed E-state index contributed by atoms with van der Waals surface area (Å²) in [6.45, 7) is 10.8. The first-order valence-electron chi connectivity index (χ1n) is 13.8. The Morgan fingerprint density at radius 1 is 0.919 bits per heavy atom. The van der Waals surface area contributed by atoms with Gasteiger partial charge in [0.2, 0.25) is 0 Å². The van der Waals surface area contributed by atoms with E-state index in [1.807, 2.05) is 24.3 Å². The maximum absolute atomic E-state index is 12.6. The molecule has 1 amide bonds. The lowest BCUT2D eigenvalue weighted by molar-refractivity contribution is 0.0938. The fraction of sp³-hybridized carbons (Fsp3) is 0.406. The van der Waals surface area contributed by atoms with Crippen molar-refractivity contribution in [2.24, 2.45) is 0 Å². The van der Waals surface area contributed by atoms with Crippen molar-refractivity contribution in [2.75, 3.05) is 45.8 Å². The van der Waals surface area contributed by atoms with Crippen molar-refractivity contribution in [1.82, 2.24) is 15.1 Å². The van der Waals surface area contributed by atoms with E-state index in [0.717, 1.165) is 57.9 Å². The van der Waals surface area contributed by atoms with E-state index in [4.69, 9.17) is 4.74 Å². The molecule has 1 fully saturated rings. The Morgan fingerprint density at radius 3 is 2.14 bits per heavy atom. The zero-order valence-electron chi connectivity index (χ0n) is 22.3. The van der Waals surface area contributed by atoms with Crippen molar-refractivity contribution in [3.05, 3.63) is 102 Å². The Bertz CT molecular complexity index is 1040. The smallest absolute Gasteiger partial charge is 0.251 e. The quantitative estimate of drug-likeness (QED) is 0.361. The van der Waals surface area contributed by atoms with E-state index in [2.05, 4.69) is 89.6 Å². The van der Waals surface area contributed by atoms with Gasteiger partial charge in [-0.2, -0.15) is 0 Å². The van der Waals surface area contributed by atoms with Crippen LogP contribution in [0, 0.1) is 0 Å². The monoisotopic (exact) mass is 499 g/mol. The average molecular weight is 500 g/mol. The number of piperidine rings is 1. The molecule has 0 spiro atoms. The number of ether oxygens (including phenoxy) is 1. The summed E-state index contributed by atoms with van der Waals surface area (Å²) in [5.41, 5.74) is 3.38. The fourth-order valence-corrected chi connectivity index (χ4v) is 5.11. The number of nitrogens with one attached hydrogen (secondary N) is 1. The molecule has 5 heteroatoms. The minimum Gasteiger partial charge on any atom is -0.490 e. The van der Waals surface area contributed by atoms with Gasteiger partial charge in [-0.1, -0.05) is 80.6 Å². The van der Waals surface area contributed by atoms with Gasteiger partial charge in [0.1, 0.15) is 11.9 Å². The van der Waals surface area contributed by atoms with Gasteiger partial charge < -0.3 is 19.9 Å². The summed E-state index contributed by atoms with van der Waals surface area (Å²) in [6.07, 6.45) is 2.14. The topological polar surface area (TPSA) is 44.8 Å². The second-order valence-electron chi connectivity index (χ2n) is 9.80. The molecule has 4 rings (SSSR count). The number of hydrogen-bond donors (Lipinski definition) is 1. The second-order valence-corrected chi connectivity index (χ2v) is 9.80. The summed E-state index contributed by atoms with van der Waals surface area (Å²) in [5.74, 6) is 1.10. The Balaban J connectivity index is 1.29. The van der Waals surface area contributed by atoms with Gasteiger partial charge in [0.25, 0.3) is 5.91 Å². The Morgan fingerprint density at radius 2 is 1.54 bits per heavy atom. The summed E-state index contributed by atoms with van der Waals surface area (Å²) in [7, 11) is 0. The third-order valence-electron chi connectivity index (χ3n) is 7.39. The van der Waals surface area contributed by atoms with Gasteiger partial charge in [-0.15, -0.1) is 0 Å². The van der Waals surface area contributed by atoms with Crippen LogP contribution in [-0.2, 0) is 0 Å². The SMILES string of the molecule is CCN(CC)CCNC(=O)c1cccc(OC2CCN(CC(c3ccccc3)c3ccccc3)CC2)c1. The van der Waals surface area contributed by atoms with Crippen molar-refractivity contribution in [3.63, 3.8) is 0 Å². The van der Waals surface area contributed by atoms with Crippen LogP contribution in [0.15, 0.2) is 84.9 Å². The standard InChI is InChI=1S/C32H41N3O2/c1-3-34(4-2)23-20-33-32(36)28-16-11-17-30(24-28)37-29-18-21-35(22-19-29)25-31(26-12-7-5-8-13-26)27-14-9-6-10-15-27/h5-17,24,29,31H,3-4,18-23,25H2,1-2H3,(H,33,36). The van der Waals surface area contributed by atoms with Crippen molar-refractivity contribution >= 4 is 5.91 Å². The van der Waals surface area contributed by atoms with E-state index in [1.165, 1.54) is 11.1 Å². The maximum Gasteiger partial charge on any atom is 0.251 e. The zero-order chi connectivity index (χ0) is 25.9. The molecule has 0 bridgehead atoms. The number of carbonyl (C=O) groups is 1. The second kappa shape index (κ2) is 14.0. The molecule has 0 unspecified atom stereocenters. The average Bonchev–Trinajstić information content (AvgIpc) is 2.96. The predicted octanol–water partition coefficient (Wildman–Crippen LogP) is 5.43. The molecule has 3 aromatic carbocycles. The van der Waals surface area contributed by atoms with E-state index in [9.17, 15) is 4.79 Å². The molecule has 1 aliphatic heterocycles. The summed E-state index contributed by atoms with van der Waals surface area (Å²) >= 11 is 0. The molecule has 1 saturated heterocycles. The molecule has 0 radical (unpaired) electrons. The van der Waals surface area contributed by atoms with Crippen molar-refractivity contribution in [3.8, 4) is 5.75 Å². The van der Waals surface area contributed by atoms with Crippen molar-refractivity contribution < 1.29 is 9.53 Å². The molecule has 0 aliphatic carbocycles.